The third-order valence-electron chi connectivity index (χ3n) is 4.20. The van der Waals surface area contributed by atoms with Gasteiger partial charge in [0.1, 0.15) is 11.9 Å². The molecule has 1 atom stereocenters. The maximum Gasteiger partial charge on any atom is 0.292 e. The quantitative estimate of drug-likeness (QED) is 0.644. The van der Waals surface area contributed by atoms with E-state index >= 15 is 0 Å². The Hall–Kier alpha value is -2.89. The smallest absolute Gasteiger partial charge is 0.292 e. The lowest BCUT2D eigenvalue weighted by Gasteiger charge is -2.26. The molecule has 1 N–H and O–H groups in total. The first kappa shape index (κ1) is 16.0. The Morgan fingerprint density at radius 1 is 1.17 bits per heavy atom. The molecule has 0 fully saturated rings. The second kappa shape index (κ2) is 6.70. The molecule has 1 heterocycles. The molecular weight excluding hydrogens is 306 g/mol. The maximum absolute atomic E-state index is 12.7. The molecule has 1 aliphatic heterocycles. The predicted molar refractivity (Wildman–Crippen MR) is 91.8 cm³/mol. The van der Waals surface area contributed by atoms with Crippen LogP contribution >= 0.6 is 0 Å². The Bertz CT molecular complexity index is 776. The number of hydrogen-bond donors (Lipinski definition) is 1. The summed E-state index contributed by atoms with van der Waals surface area (Å²) in [5, 5.41) is 14.4. The van der Waals surface area contributed by atoms with E-state index in [0.29, 0.717) is 17.8 Å². The van der Waals surface area contributed by atoms with Crippen molar-refractivity contribution in [3.63, 3.8) is 0 Å². The summed E-state index contributed by atoms with van der Waals surface area (Å²) in [5.74, 6) is -0.0323. The predicted octanol–water partition coefficient (Wildman–Crippen LogP) is 3.96. The molecule has 3 rings (SSSR count). The van der Waals surface area contributed by atoms with Gasteiger partial charge < -0.3 is 10.2 Å². The highest BCUT2D eigenvalue weighted by molar-refractivity contribution is 5.99. The van der Waals surface area contributed by atoms with Crippen LogP contribution in [0.2, 0.25) is 0 Å². The van der Waals surface area contributed by atoms with Crippen molar-refractivity contribution >= 4 is 17.3 Å². The van der Waals surface area contributed by atoms with Crippen molar-refractivity contribution < 1.29 is 9.72 Å². The van der Waals surface area contributed by atoms with Gasteiger partial charge in [-0.1, -0.05) is 43.7 Å². The number of para-hydroxylation sites is 2. The molecule has 124 valence electrons. The minimum absolute atomic E-state index is 0.00442. The lowest BCUT2D eigenvalue weighted by molar-refractivity contribution is -0.384. The number of benzene rings is 2. The molecule has 0 unspecified atom stereocenters. The van der Waals surface area contributed by atoms with Crippen molar-refractivity contribution in [1.82, 2.24) is 4.90 Å². The van der Waals surface area contributed by atoms with Crippen molar-refractivity contribution in [3.05, 3.63) is 69.8 Å². The number of carbonyl (C=O) groups excluding carboxylic acids is 1. The molecule has 0 saturated carbocycles. The Labute approximate surface area is 140 Å². The van der Waals surface area contributed by atoms with Gasteiger partial charge in [0, 0.05) is 23.7 Å². The molecule has 0 aliphatic carbocycles. The van der Waals surface area contributed by atoms with Crippen LogP contribution in [-0.2, 0) is 0 Å². The summed E-state index contributed by atoms with van der Waals surface area (Å²) in [5.41, 5.74) is 1.93. The highest BCUT2D eigenvalue weighted by atomic mass is 16.6. The molecule has 0 spiro atoms. The van der Waals surface area contributed by atoms with E-state index in [0.717, 1.165) is 18.4 Å². The number of hydrogen-bond acceptors (Lipinski definition) is 4. The minimum atomic E-state index is -0.415. The van der Waals surface area contributed by atoms with Crippen LogP contribution < -0.4 is 5.32 Å². The van der Waals surface area contributed by atoms with Gasteiger partial charge in [-0.2, -0.15) is 0 Å². The van der Waals surface area contributed by atoms with Crippen LogP contribution in [0.25, 0.3) is 0 Å². The zero-order valence-electron chi connectivity index (χ0n) is 13.4. The lowest BCUT2D eigenvalue weighted by Crippen LogP contribution is -2.33. The van der Waals surface area contributed by atoms with Gasteiger partial charge in [-0.15, -0.1) is 0 Å². The van der Waals surface area contributed by atoms with E-state index in [1.54, 1.807) is 29.2 Å². The average molecular weight is 325 g/mol. The summed E-state index contributed by atoms with van der Waals surface area (Å²) in [6.45, 7) is 2.68. The highest BCUT2D eigenvalue weighted by Gasteiger charge is 2.36. The standard InChI is InChI=1S/C18H19N3O3/c1-2-3-12-20-17(13-8-4-5-9-14(13)18(20)22)19-15-10-6-7-11-16(15)21(23)24/h4-11,17,19H,2-3,12H2,1H3/t17-/m0/s1. The topological polar surface area (TPSA) is 75.5 Å². The van der Waals surface area contributed by atoms with Crippen LogP contribution in [0.4, 0.5) is 11.4 Å². The number of amides is 1. The first-order valence-electron chi connectivity index (χ1n) is 8.03. The molecule has 6 heteroatoms. The van der Waals surface area contributed by atoms with E-state index in [9.17, 15) is 14.9 Å². The number of nitrogens with one attached hydrogen (secondary N) is 1. The molecule has 24 heavy (non-hydrogen) atoms. The third kappa shape index (κ3) is 2.82. The second-order valence-electron chi connectivity index (χ2n) is 5.76. The van der Waals surface area contributed by atoms with E-state index in [2.05, 4.69) is 12.2 Å². The zero-order chi connectivity index (χ0) is 17.1. The SMILES string of the molecule is CCCCN1C(=O)c2ccccc2[C@H]1Nc1ccccc1[N+](=O)[O-]. The van der Waals surface area contributed by atoms with Crippen molar-refractivity contribution in [2.24, 2.45) is 0 Å². The van der Waals surface area contributed by atoms with Gasteiger partial charge in [-0.25, -0.2) is 0 Å². The monoisotopic (exact) mass is 325 g/mol. The normalized spacial score (nSPS) is 16.1. The Balaban J connectivity index is 1.97. The van der Waals surface area contributed by atoms with Crippen LogP contribution in [0.15, 0.2) is 48.5 Å². The fourth-order valence-corrected chi connectivity index (χ4v) is 2.99. The van der Waals surface area contributed by atoms with Gasteiger partial charge in [-0.05, 0) is 18.6 Å². The van der Waals surface area contributed by atoms with E-state index in [4.69, 9.17) is 0 Å². The summed E-state index contributed by atoms with van der Waals surface area (Å²) in [6.07, 6.45) is 1.47. The number of anilines is 1. The molecule has 0 aromatic heterocycles. The number of nitro groups is 1. The van der Waals surface area contributed by atoms with Gasteiger partial charge >= 0.3 is 0 Å². The number of nitrogens with zero attached hydrogens (tertiary/aromatic N) is 2. The van der Waals surface area contributed by atoms with E-state index in [-0.39, 0.29) is 17.8 Å². The summed E-state index contributed by atoms with van der Waals surface area (Å²) < 4.78 is 0. The molecule has 6 nitrogen and oxygen atoms in total. The average Bonchev–Trinajstić information content (AvgIpc) is 2.86. The van der Waals surface area contributed by atoms with Crippen LogP contribution in [0.5, 0.6) is 0 Å². The Kier molecular flexibility index (Phi) is 4.46. The van der Waals surface area contributed by atoms with E-state index < -0.39 is 4.92 Å². The number of unbranched alkanes of at least 4 members (excludes halogenated alkanes) is 1. The highest BCUT2D eigenvalue weighted by Crippen LogP contribution is 2.36. The second-order valence-corrected chi connectivity index (χ2v) is 5.76. The van der Waals surface area contributed by atoms with Gasteiger partial charge in [0.15, 0.2) is 0 Å². The molecule has 1 aliphatic rings. The van der Waals surface area contributed by atoms with Crippen molar-refractivity contribution in [1.29, 1.82) is 0 Å². The summed E-state index contributed by atoms with van der Waals surface area (Å²) in [4.78, 5) is 25.3. The maximum atomic E-state index is 12.7. The molecular formula is C18H19N3O3. The number of nitro benzene ring substituents is 1. The number of fused-ring (bicyclic) bond motifs is 1. The zero-order valence-corrected chi connectivity index (χ0v) is 13.4. The molecule has 0 bridgehead atoms. The fourth-order valence-electron chi connectivity index (χ4n) is 2.99. The van der Waals surface area contributed by atoms with Crippen LogP contribution in [0.3, 0.4) is 0 Å². The van der Waals surface area contributed by atoms with Gasteiger partial charge in [0.05, 0.1) is 4.92 Å². The van der Waals surface area contributed by atoms with E-state index in [1.807, 2.05) is 18.2 Å². The van der Waals surface area contributed by atoms with Gasteiger partial charge in [0.2, 0.25) is 0 Å². The first-order valence-corrected chi connectivity index (χ1v) is 8.03. The lowest BCUT2D eigenvalue weighted by atomic mass is 10.1. The minimum Gasteiger partial charge on any atom is -0.356 e. The molecule has 0 saturated heterocycles. The summed E-state index contributed by atoms with van der Waals surface area (Å²) in [6, 6.07) is 13.9. The summed E-state index contributed by atoms with van der Waals surface area (Å²) >= 11 is 0. The summed E-state index contributed by atoms with van der Waals surface area (Å²) in [7, 11) is 0. The largest absolute Gasteiger partial charge is 0.356 e. The van der Waals surface area contributed by atoms with Crippen LogP contribution in [0, 0.1) is 10.1 Å². The fraction of sp³-hybridized carbons (Fsp3) is 0.278. The molecule has 1 amide bonds. The molecule has 2 aromatic carbocycles. The molecule has 2 aromatic rings. The number of carbonyl (C=O) groups is 1. The van der Waals surface area contributed by atoms with Crippen LogP contribution in [0.1, 0.15) is 41.9 Å². The van der Waals surface area contributed by atoms with Crippen LogP contribution in [-0.4, -0.2) is 22.3 Å². The first-order chi connectivity index (χ1) is 11.6. The van der Waals surface area contributed by atoms with Crippen molar-refractivity contribution in [3.8, 4) is 0 Å². The Morgan fingerprint density at radius 3 is 2.62 bits per heavy atom. The number of rotatable bonds is 6. The van der Waals surface area contributed by atoms with Crippen molar-refractivity contribution in [2.45, 2.75) is 25.9 Å². The van der Waals surface area contributed by atoms with Gasteiger partial charge in [-0.3, -0.25) is 14.9 Å². The third-order valence-corrected chi connectivity index (χ3v) is 4.20. The van der Waals surface area contributed by atoms with E-state index in [1.165, 1.54) is 6.07 Å². The Morgan fingerprint density at radius 2 is 1.88 bits per heavy atom. The van der Waals surface area contributed by atoms with Gasteiger partial charge in [0.25, 0.3) is 11.6 Å². The van der Waals surface area contributed by atoms with Crippen molar-refractivity contribution in [2.75, 3.05) is 11.9 Å². The molecule has 0 radical (unpaired) electrons.